The van der Waals surface area contributed by atoms with Crippen molar-refractivity contribution in [2.24, 2.45) is 0 Å². The van der Waals surface area contributed by atoms with Gasteiger partial charge in [-0.15, -0.1) is 0 Å². The lowest BCUT2D eigenvalue weighted by atomic mass is 10.1. The van der Waals surface area contributed by atoms with E-state index in [1.165, 1.54) is 0 Å². The maximum absolute atomic E-state index is 5.38. The lowest BCUT2D eigenvalue weighted by Crippen LogP contribution is -2.12. The van der Waals surface area contributed by atoms with Gasteiger partial charge in [-0.3, -0.25) is 0 Å². The maximum atomic E-state index is 5.38. The van der Waals surface area contributed by atoms with Crippen LogP contribution in [-0.4, -0.2) is 23.8 Å². The molecule has 1 atom stereocenters. The molecule has 5 nitrogen and oxygen atoms in total. The molecule has 1 aliphatic heterocycles. The Hall–Kier alpha value is -1.88. The second kappa shape index (κ2) is 5.25. The van der Waals surface area contributed by atoms with Gasteiger partial charge < -0.3 is 14.6 Å². The molecule has 0 aliphatic carbocycles. The SMILES string of the molecule is COc1c(C)cc(-c2noc([C@@H]3CCCN3)n2)cc1C. The summed E-state index contributed by atoms with van der Waals surface area (Å²) >= 11 is 0. The summed E-state index contributed by atoms with van der Waals surface area (Å²) < 4.78 is 10.8. The summed E-state index contributed by atoms with van der Waals surface area (Å²) in [6, 6.07) is 4.27. The van der Waals surface area contributed by atoms with E-state index in [-0.39, 0.29) is 6.04 Å². The molecule has 0 amide bonds. The number of rotatable bonds is 3. The van der Waals surface area contributed by atoms with Crippen molar-refractivity contribution >= 4 is 0 Å². The molecule has 1 saturated heterocycles. The normalized spacial score (nSPS) is 18.4. The van der Waals surface area contributed by atoms with Crippen molar-refractivity contribution < 1.29 is 9.26 Å². The fraction of sp³-hybridized carbons (Fsp3) is 0.467. The number of benzene rings is 1. The van der Waals surface area contributed by atoms with E-state index in [1.54, 1.807) is 7.11 Å². The summed E-state index contributed by atoms with van der Waals surface area (Å²) in [4.78, 5) is 4.52. The molecule has 106 valence electrons. The van der Waals surface area contributed by atoms with Crippen molar-refractivity contribution in [3.05, 3.63) is 29.2 Å². The van der Waals surface area contributed by atoms with Gasteiger partial charge in [0.25, 0.3) is 0 Å². The third-order valence-corrected chi connectivity index (χ3v) is 3.72. The first-order chi connectivity index (χ1) is 9.69. The highest BCUT2D eigenvalue weighted by molar-refractivity contribution is 5.60. The Morgan fingerprint density at radius 1 is 1.30 bits per heavy atom. The molecule has 0 unspecified atom stereocenters. The van der Waals surface area contributed by atoms with E-state index < -0.39 is 0 Å². The number of nitrogens with zero attached hydrogens (tertiary/aromatic N) is 2. The van der Waals surface area contributed by atoms with Gasteiger partial charge in [-0.25, -0.2) is 0 Å². The van der Waals surface area contributed by atoms with E-state index in [1.807, 2.05) is 26.0 Å². The highest BCUT2D eigenvalue weighted by Gasteiger charge is 2.23. The fourth-order valence-electron chi connectivity index (χ4n) is 2.79. The minimum Gasteiger partial charge on any atom is -0.496 e. The average Bonchev–Trinajstić information content (AvgIpc) is 3.09. The van der Waals surface area contributed by atoms with E-state index in [0.29, 0.717) is 11.7 Å². The molecule has 0 bridgehead atoms. The van der Waals surface area contributed by atoms with E-state index in [9.17, 15) is 0 Å². The van der Waals surface area contributed by atoms with Gasteiger partial charge in [0.05, 0.1) is 13.2 Å². The first-order valence-corrected chi connectivity index (χ1v) is 6.91. The number of hydrogen-bond donors (Lipinski definition) is 1. The highest BCUT2D eigenvalue weighted by atomic mass is 16.5. The van der Waals surface area contributed by atoms with Crippen LogP contribution in [0.15, 0.2) is 16.7 Å². The molecule has 2 heterocycles. The molecule has 2 aromatic rings. The van der Waals surface area contributed by atoms with Gasteiger partial charge in [0.15, 0.2) is 0 Å². The van der Waals surface area contributed by atoms with Crippen molar-refractivity contribution in [1.29, 1.82) is 0 Å². The summed E-state index contributed by atoms with van der Waals surface area (Å²) in [6.07, 6.45) is 2.21. The number of ether oxygens (including phenoxy) is 1. The van der Waals surface area contributed by atoms with E-state index in [4.69, 9.17) is 9.26 Å². The van der Waals surface area contributed by atoms with Gasteiger partial charge in [-0.1, -0.05) is 5.16 Å². The van der Waals surface area contributed by atoms with Crippen molar-refractivity contribution in [2.75, 3.05) is 13.7 Å². The van der Waals surface area contributed by atoms with Crippen LogP contribution < -0.4 is 10.1 Å². The Bertz CT molecular complexity index is 592. The lowest BCUT2D eigenvalue weighted by Gasteiger charge is -2.09. The van der Waals surface area contributed by atoms with Crippen LogP contribution in [0.5, 0.6) is 5.75 Å². The topological polar surface area (TPSA) is 60.2 Å². The van der Waals surface area contributed by atoms with Crippen LogP contribution in [0.3, 0.4) is 0 Å². The van der Waals surface area contributed by atoms with Gasteiger partial charge >= 0.3 is 0 Å². The summed E-state index contributed by atoms with van der Waals surface area (Å²) in [7, 11) is 1.69. The van der Waals surface area contributed by atoms with Gasteiger partial charge in [0.1, 0.15) is 5.75 Å². The third-order valence-electron chi connectivity index (χ3n) is 3.72. The Balaban J connectivity index is 1.93. The molecule has 1 aromatic carbocycles. The minimum absolute atomic E-state index is 0.205. The van der Waals surface area contributed by atoms with Gasteiger partial charge in [0, 0.05) is 5.56 Å². The predicted molar refractivity (Wildman–Crippen MR) is 75.7 cm³/mol. The first kappa shape index (κ1) is 13.1. The standard InChI is InChI=1S/C15H19N3O2/c1-9-7-11(8-10(2)13(9)19-3)14-17-15(20-18-14)12-5-4-6-16-12/h7-8,12,16H,4-6H2,1-3H3/t12-/m0/s1. The molecule has 3 rings (SSSR count). The Morgan fingerprint density at radius 3 is 2.65 bits per heavy atom. The van der Waals surface area contributed by atoms with Crippen LogP contribution in [0, 0.1) is 13.8 Å². The highest BCUT2D eigenvalue weighted by Crippen LogP contribution is 2.30. The number of methoxy groups -OCH3 is 1. The molecule has 1 N–H and O–H groups in total. The van der Waals surface area contributed by atoms with Crippen LogP contribution in [0.4, 0.5) is 0 Å². The van der Waals surface area contributed by atoms with Crippen LogP contribution in [0.2, 0.25) is 0 Å². The second-order valence-electron chi connectivity index (χ2n) is 5.25. The molecule has 5 heteroatoms. The third kappa shape index (κ3) is 2.29. The Labute approximate surface area is 118 Å². The predicted octanol–water partition coefficient (Wildman–Crippen LogP) is 2.79. The number of aromatic nitrogens is 2. The second-order valence-corrected chi connectivity index (χ2v) is 5.25. The monoisotopic (exact) mass is 273 g/mol. The van der Waals surface area contributed by atoms with Gasteiger partial charge in [-0.05, 0) is 56.5 Å². The molecule has 1 aromatic heterocycles. The van der Waals surface area contributed by atoms with Crippen molar-refractivity contribution in [2.45, 2.75) is 32.7 Å². The van der Waals surface area contributed by atoms with E-state index in [0.717, 1.165) is 41.8 Å². The maximum Gasteiger partial charge on any atom is 0.244 e. The van der Waals surface area contributed by atoms with Crippen LogP contribution >= 0.6 is 0 Å². The summed E-state index contributed by atoms with van der Waals surface area (Å²) in [5.41, 5.74) is 3.12. The van der Waals surface area contributed by atoms with Gasteiger partial charge in [-0.2, -0.15) is 4.98 Å². The summed E-state index contributed by atoms with van der Waals surface area (Å²) in [5.74, 6) is 2.24. The quantitative estimate of drug-likeness (QED) is 0.931. The molecule has 0 radical (unpaired) electrons. The smallest absolute Gasteiger partial charge is 0.244 e. The number of hydrogen-bond acceptors (Lipinski definition) is 5. The fourth-order valence-corrected chi connectivity index (χ4v) is 2.79. The minimum atomic E-state index is 0.205. The Morgan fingerprint density at radius 2 is 2.05 bits per heavy atom. The summed E-state index contributed by atoms with van der Waals surface area (Å²) in [5, 5.41) is 7.46. The lowest BCUT2D eigenvalue weighted by molar-refractivity contribution is 0.345. The van der Waals surface area contributed by atoms with Crippen LogP contribution in [0.1, 0.15) is 35.9 Å². The molecule has 0 saturated carbocycles. The van der Waals surface area contributed by atoms with Crippen LogP contribution in [-0.2, 0) is 0 Å². The zero-order valence-electron chi connectivity index (χ0n) is 12.1. The molecule has 0 spiro atoms. The van der Waals surface area contributed by atoms with E-state index >= 15 is 0 Å². The van der Waals surface area contributed by atoms with E-state index in [2.05, 4.69) is 15.5 Å². The zero-order chi connectivity index (χ0) is 14.1. The zero-order valence-corrected chi connectivity index (χ0v) is 12.1. The van der Waals surface area contributed by atoms with Crippen molar-refractivity contribution in [1.82, 2.24) is 15.5 Å². The molecule has 1 aliphatic rings. The van der Waals surface area contributed by atoms with Gasteiger partial charge in [0.2, 0.25) is 11.7 Å². The van der Waals surface area contributed by atoms with Crippen molar-refractivity contribution in [3.8, 4) is 17.1 Å². The average molecular weight is 273 g/mol. The first-order valence-electron chi connectivity index (χ1n) is 6.91. The summed E-state index contributed by atoms with van der Waals surface area (Å²) in [6.45, 7) is 5.06. The van der Waals surface area contributed by atoms with Crippen molar-refractivity contribution in [3.63, 3.8) is 0 Å². The van der Waals surface area contributed by atoms with Crippen LogP contribution in [0.25, 0.3) is 11.4 Å². The molecule has 20 heavy (non-hydrogen) atoms. The largest absolute Gasteiger partial charge is 0.496 e. The number of nitrogens with one attached hydrogen (secondary N) is 1. The molecular formula is C15H19N3O2. The molecular weight excluding hydrogens is 254 g/mol. The Kier molecular flexibility index (Phi) is 3.44. The molecule has 1 fully saturated rings. The number of aryl methyl sites for hydroxylation is 2.